The summed E-state index contributed by atoms with van der Waals surface area (Å²) in [5.41, 5.74) is -4.98. The van der Waals surface area contributed by atoms with E-state index in [-0.39, 0.29) is 6.04 Å². The Balaban J connectivity index is 0.000000472. The minimum Gasteiger partial charge on any atom is -0.741 e. The number of quaternary nitrogens is 1. The van der Waals surface area contributed by atoms with Gasteiger partial charge in [-0.1, -0.05) is 0 Å². The van der Waals surface area contributed by atoms with Gasteiger partial charge in [-0.05, 0) is 12.2 Å². The fourth-order valence-electron chi connectivity index (χ4n) is 1.44. The Bertz CT molecular complexity index is 608. The van der Waals surface area contributed by atoms with Crippen molar-refractivity contribution in [2.45, 2.75) is 11.6 Å². The molecule has 0 bridgehead atoms. The summed E-state index contributed by atoms with van der Waals surface area (Å²) in [4.78, 5) is 10.7. The summed E-state index contributed by atoms with van der Waals surface area (Å²) in [5, 5.41) is 0. The fraction of sp³-hybridized carbons (Fsp3) is 0.500. The summed E-state index contributed by atoms with van der Waals surface area (Å²) in [7, 11) is 1.63. The van der Waals surface area contributed by atoms with Gasteiger partial charge in [0, 0.05) is 6.08 Å². The molecule has 0 heterocycles. The van der Waals surface area contributed by atoms with Crippen LogP contribution >= 0.6 is 0 Å². The lowest BCUT2D eigenvalue weighted by Crippen LogP contribution is -2.45. The van der Waals surface area contributed by atoms with Crippen molar-refractivity contribution < 1.29 is 40.2 Å². The largest absolute Gasteiger partial charge is 0.741 e. The highest BCUT2D eigenvalue weighted by Crippen LogP contribution is 2.21. The van der Waals surface area contributed by atoms with Gasteiger partial charge in [-0.2, -0.15) is 13.2 Å². The first-order valence-corrected chi connectivity index (χ1v) is 7.17. The molecule has 22 heavy (non-hydrogen) atoms. The summed E-state index contributed by atoms with van der Waals surface area (Å²) in [6, 6.07) is 0.0208. The topological polar surface area (TPSA) is 83.5 Å². The van der Waals surface area contributed by atoms with Crippen LogP contribution in [0.3, 0.4) is 0 Å². The normalized spacial score (nSPS) is 18.8. The number of hydrogen-bond donors (Lipinski definition) is 0. The Labute approximate surface area is 126 Å². The minimum absolute atomic E-state index is 0.0208. The molecule has 1 rings (SSSR count). The van der Waals surface area contributed by atoms with Crippen LogP contribution in [0.25, 0.3) is 0 Å². The van der Waals surface area contributed by atoms with E-state index in [0.29, 0.717) is 10.1 Å². The van der Waals surface area contributed by atoms with Crippen LogP contribution in [0.4, 0.5) is 13.2 Å². The molecule has 0 saturated heterocycles. The SMILES string of the molecule is COC1=CC([N+](C)(C)C)C(=C=O)C=C1.O=S(=O)([O-])C(F)(F)F. The van der Waals surface area contributed by atoms with E-state index in [4.69, 9.17) is 17.7 Å². The summed E-state index contributed by atoms with van der Waals surface area (Å²) in [6.07, 6.45) is 5.49. The number of ether oxygens (including phenoxy) is 1. The van der Waals surface area contributed by atoms with Gasteiger partial charge in [0.15, 0.2) is 10.1 Å². The molecule has 0 aromatic rings. The highest BCUT2D eigenvalue weighted by atomic mass is 32.2. The van der Waals surface area contributed by atoms with Crippen molar-refractivity contribution in [3.8, 4) is 0 Å². The third-order valence-electron chi connectivity index (χ3n) is 2.54. The van der Waals surface area contributed by atoms with Crippen LogP contribution in [0, 0.1) is 0 Å². The molecule has 0 N–H and O–H groups in total. The first-order chi connectivity index (χ1) is 9.74. The Morgan fingerprint density at radius 2 is 1.73 bits per heavy atom. The molecule has 1 aliphatic carbocycles. The molecule has 0 aromatic heterocycles. The van der Waals surface area contributed by atoms with Gasteiger partial charge in [-0.3, -0.25) is 0 Å². The van der Waals surface area contributed by atoms with Crippen molar-refractivity contribution in [2.75, 3.05) is 28.3 Å². The summed E-state index contributed by atoms with van der Waals surface area (Å²) in [6.45, 7) is 0. The number of carbonyl (C=O) groups excluding carboxylic acids is 1. The van der Waals surface area contributed by atoms with Gasteiger partial charge in [-0.15, -0.1) is 0 Å². The van der Waals surface area contributed by atoms with E-state index in [2.05, 4.69) is 0 Å². The number of methoxy groups -OCH3 is 1. The number of hydrogen-bond acceptors (Lipinski definition) is 5. The number of rotatable bonds is 2. The second-order valence-electron chi connectivity index (χ2n) is 5.12. The molecular weight excluding hydrogens is 327 g/mol. The lowest BCUT2D eigenvalue weighted by molar-refractivity contribution is -0.883. The van der Waals surface area contributed by atoms with Gasteiger partial charge in [-0.25, -0.2) is 13.2 Å². The van der Waals surface area contributed by atoms with Gasteiger partial charge in [0.05, 0.1) is 33.8 Å². The lowest BCUT2D eigenvalue weighted by Gasteiger charge is -2.33. The monoisotopic (exact) mass is 343 g/mol. The van der Waals surface area contributed by atoms with E-state index >= 15 is 0 Å². The number of likely N-dealkylation sites (N-methyl/N-ethyl adjacent to an activating group) is 1. The second kappa shape index (κ2) is 7.10. The molecule has 6 nitrogen and oxygen atoms in total. The number of allylic oxidation sites excluding steroid dienone is 1. The Morgan fingerprint density at radius 1 is 1.27 bits per heavy atom. The number of alkyl halides is 3. The summed E-state index contributed by atoms with van der Waals surface area (Å²) >= 11 is 0. The van der Waals surface area contributed by atoms with Crippen LogP contribution in [-0.4, -0.2) is 63.2 Å². The molecule has 1 unspecified atom stereocenters. The van der Waals surface area contributed by atoms with Crippen molar-refractivity contribution in [1.82, 2.24) is 0 Å². The van der Waals surface area contributed by atoms with E-state index in [1.807, 2.05) is 33.2 Å². The van der Waals surface area contributed by atoms with E-state index in [0.717, 1.165) is 5.76 Å². The third kappa shape index (κ3) is 6.02. The van der Waals surface area contributed by atoms with E-state index < -0.39 is 15.6 Å². The van der Waals surface area contributed by atoms with E-state index in [1.54, 1.807) is 19.3 Å². The average molecular weight is 343 g/mol. The molecule has 0 aromatic carbocycles. The van der Waals surface area contributed by atoms with Crippen LogP contribution in [0.5, 0.6) is 0 Å². The van der Waals surface area contributed by atoms with Crippen LogP contribution in [0.1, 0.15) is 0 Å². The molecule has 0 fully saturated rings. The third-order valence-corrected chi connectivity index (χ3v) is 3.11. The first-order valence-electron chi connectivity index (χ1n) is 5.76. The zero-order chi connectivity index (χ0) is 17.8. The molecule has 0 aliphatic heterocycles. The van der Waals surface area contributed by atoms with Gasteiger partial charge in [0.2, 0.25) is 0 Å². The smallest absolute Gasteiger partial charge is 0.485 e. The molecule has 126 valence electrons. The molecule has 0 amide bonds. The zero-order valence-corrected chi connectivity index (χ0v) is 13.2. The van der Waals surface area contributed by atoms with Gasteiger partial charge < -0.3 is 13.8 Å². The average Bonchev–Trinajstić information content (AvgIpc) is 2.35. The van der Waals surface area contributed by atoms with Gasteiger partial charge >= 0.3 is 5.51 Å². The number of nitrogens with zero attached hydrogens (tertiary/aromatic N) is 1. The quantitative estimate of drug-likeness (QED) is 0.323. The van der Waals surface area contributed by atoms with E-state index in [9.17, 15) is 18.0 Å². The molecule has 0 saturated carbocycles. The van der Waals surface area contributed by atoms with E-state index in [1.165, 1.54) is 0 Å². The van der Waals surface area contributed by atoms with Crippen molar-refractivity contribution in [3.63, 3.8) is 0 Å². The molecular formula is C12H16F3NO5S. The van der Waals surface area contributed by atoms with Crippen LogP contribution in [0.2, 0.25) is 0 Å². The van der Waals surface area contributed by atoms with Crippen molar-refractivity contribution in [1.29, 1.82) is 0 Å². The van der Waals surface area contributed by atoms with Gasteiger partial charge in [0.25, 0.3) is 0 Å². The van der Waals surface area contributed by atoms with Crippen molar-refractivity contribution in [2.24, 2.45) is 0 Å². The maximum absolute atomic E-state index is 10.7. The number of halogens is 3. The van der Waals surface area contributed by atoms with Crippen molar-refractivity contribution >= 4 is 16.1 Å². The predicted octanol–water partition coefficient (Wildman–Crippen LogP) is 0.971. The maximum atomic E-state index is 10.7. The van der Waals surface area contributed by atoms with Crippen LogP contribution in [0.15, 0.2) is 29.6 Å². The zero-order valence-electron chi connectivity index (χ0n) is 12.3. The fourth-order valence-corrected chi connectivity index (χ4v) is 1.44. The Kier molecular flexibility index (Phi) is 6.58. The molecule has 1 atom stereocenters. The first kappa shape index (κ1) is 20.4. The summed E-state index contributed by atoms with van der Waals surface area (Å²) in [5.74, 6) is 2.76. The summed E-state index contributed by atoms with van der Waals surface area (Å²) < 4.78 is 64.7. The predicted molar refractivity (Wildman–Crippen MR) is 71.0 cm³/mol. The Morgan fingerprint density at radius 3 is 2.00 bits per heavy atom. The standard InChI is InChI=1S/C11H16NO2.CHF3O3S/c1-12(2,3)11-7-10(14-4)6-5-9(11)8-13;2-1(3,4)8(5,6)7/h5-7,11H,1-4H3;(H,5,6,7)/q+1;/p-1. The van der Waals surface area contributed by atoms with Gasteiger partial charge in [0.1, 0.15) is 17.7 Å². The lowest BCUT2D eigenvalue weighted by atomic mass is 10.0. The highest BCUT2D eigenvalue weighted by molar-refractivity contribution is 7.86. The second-order valence-corrected chi connectivity index (χ2v) is 6.50. The maximum Gasteiger partial charge on any atom is 0.485 e. The highest BCUT2D eigenvalue weighted by Gasteiger charge is 2.36. The Hall–Kier alpha value is -1.61. The van der Waals surface area contributed by atoms with Crippen LogP contribution in [-0.2, 0) is 19.6 Å². The minimum atomic E-state index is -6.09. The van der Waals surface area contributed by atoms with Crippen LogP contribution < -0.4 is 0 Å². The molecule has 0 radical (unpaired) electrons. The molecule has 0 spiro atoms. The van der Waals surface area contributed by atoms with Crippen molar-refractivity contribution in [3.05, 3.63) is 29.6 Å². The molecule has 1 aliphatic rings. The molecule has 10 heteroatoms.